The molecule has 0 aliphatic carbocycles. The summed E-state index contributed by atoms with van der Waals surface area (Å²) in [6.45, 7) is 4.95. The van der Waals surface area contributed by atoms with E-state index in [0.29, 0.717) is 18.7 Å². The minimum Gasteiger partial charge on any atom is -0.367 e. The Morgan fingerprint density at radius 3 is 2.57 bits per heavy atom. The van der Waals surface area contributed by atoms with Gasteiger partial charge in [-0.15, -0.1) is 0 Å². The van der Waals surface area contributed by atoms with Gasteiger partial charge in [-0.2, -0.15) is 4.39 Å². The molecule has 0 radical (unpaired) electrons. The van der Waals surface area contributed by atoms with Gasteiger partial charge in [-0.1, -0.05) is 24.3 Å². The molecular weight excluding hydrogens is 271 g/mol. The lowest BCUT2D eigenvalue weighted by Gasteiger charge is -2.23. The van der Waals surface area contributed by atoms with Crippen LogP contribution in [0.3, 0.4) is 0 Å². The summed E-state index contributed by atoms with van der Waals surface area (Å²) in [7, 11) is 0. The van der Waals surface area contributed by atoms with Crippen molar-refractivity contribution in [2.24, 2.45) is 0 Å². The Morgan fingerprint density at radius 2 is 1.95 bits per heavy atom. The Balaban J connectivity index is 2.31. The van der Waals surface area contributed by atoms with Crippen molar-refractivity contribution >= 4 is 11.4 Å². The minimum absolute atomic E-state index is 0.299. The average Bonchev–Trinajstić information content (AvgIpc) is 2.46. The van der Waals surface area contributed by atoms with Crippen molar-refractivity contribution in [3.63, 3.8) is 0 Å². The number of anilines is 1. The van der Waals surface area contributed by atoms with E-state index in [1.165, 1.54) is 12.1 Å². The topological polar surface area (TPSA) is 46.4 Å². The second-order valence-electron chi connectivity index (χ2n) is 4.86. The zero-order valence-corrected chi connectivity index (χ0v) is 12.0. The van der Waals surface area contributed by atoms with Crippen molar-refractivity contribution in [3.05, 3.63) is 69.5 Å². The molecule has 4 nitrogen and oxygen atoms in total. The highest BCUT2D eigenvalue weighted by Crippen LogP contribution is 2.24. The lowest BCUT2D eigenvalue weighted by Crippen LogP contribution is -2.22. The van der Waals surface area contributed by atoms with Gasteiger partial charge in [-0.25, -0.2) is 0 Å². The van der Waals surface area contributed by atoms with E-state index in [2.05, 4.69) is 0 Å². The van der Waals surface area contributed by atoms with Gasteiger partial charge in [0.25, 0.3) is 0 Å². The van der Waals surface area contributed by atoms with E-state index >= 15 is 0 Å². The summed E-state index contributed by atoms with van der Waals surface area (Å²) in [6, 6.07) is 12.2. The smallest absolute Gasteiger partial charge is 0.305 e. The van der Waals surface area contributed by atoms with Gasteiger partial charge in [0.1, 0.15) is 0 Å². The first-order valence-corrected chi connectivity index (χ1v) is 6.76. The van der Waals surface area contributed by atoms with Crippen LogP contribution in [0.2, 0.25) is 0 Å². The van der Waals surface area contributed by atoms with Gasteiger partial charge in [0, 0.05) is 30.4 Å². The number of nitro groups is 1. The first-order valence-electron chi connectivity index (χ1n) is 6.76. The highest BCUT2D eigenvalue weighted by molar-refractivity contribution is 5.49. The van der Waals surface area contributed by atoms with Crippen molar-refractivity contribution < 1.29 is 9.31 Å². The molecule has 2 aromatic carbocycles. The quantitative estimate of drug-likeness (QED) is 0.615. The molecule has 21 heavy (non-hydrogen) atoms. The first-order chi connectivity index (χ1) is 10.0. The van der Waals surface area contributed by atoms with E-state index in [9.17, 15) is 14.5 Å². The highest BCUT2D eigenvalue weighted by Gasteiger charge is 2.18. The van der Waals surface area contributed by atoms with Crippen LogP contribution in [0, 0.1) is 22.9 Å². The molecule has 0 heterocycles. The second-order valence-corrected chi connectivity index (χ2v) is 4.86. The first kappa shape index (κ1) is 15.0. The van der Waals surface area contributed by atoms with E-state index < -0.39 is 16.4 Å². The molecule has 2 aromatic rings. The van der Waals surface area contributed by atoms with E-state index in [1.54, 1.807) is 6.07 Å². The van der Waals surface area contributed by atoms with Crippen molar-refractivity contribution in [3.8, 4) is 0 Å². The van der Waals surface area contributed by atoms with Gasteiger partial charge in [-0.05, 0) is 31.5 Å². The molecule has 0 aromatic heterocycles. The van der Waals surface area contributed by atoms with E-state index in [4.69, 9.17) is 0 Å². The zero-order chi connectivity index (χ0) is 15.4. The minimum atomic E-state index is -0.756. The fourth-order valence-electron chi connectivity index (χ4n) is 2.25. The lowest BCUT2D eigenvalue weighted by molar-refractivity contribution is -0.387. The number of nitro benzene ring substituents is 1. The van der Waals surface area contributed by atoms with Gasteiger partial charge in [0.15, 0.2) is 0 Å². The van der Waals surface area contributed by atoms with Gasteiger partial charge in [0.05, 0.1) is 4.92 Å². The van der Waals surface area contributed by atoms with Crippen LogP contribution in [0.5, 0.6) is 0 Å². The normalized spacial score (nSPS) is 10.4. The average molecular weight is 288 g/mol. The molecule has 0 saturated carbocycles. The van der Waals surface area contributed by atoms with Crippen LogP contribution < -0.4 is 4.90 Å². The Kier molecular flexibility index (Phi) is 4.52. The summed E-state index contributed by atoms with van der Waals surface area (Å²) < 4.78 is 14.1. The molecule has 0 aliphatic rings. The summed E-state index contributed by atoms with van der Waals surface area (Å²) in [6.07, 6.45) is 0. The maximum atomic E-state index is 14.1. The Labute approximate surface area is 123 Å². The number of nitrogens with zero attached hydrogens (tertiary/aromatic N) is 2. The molecular formula is C16H17FN2O2. The molecule has 0 N–H and O–H groups in total. The Morgan fingerprint density at radius 1 is 1.24 bits per heavy atom. The molecule has 0 aliphatic heterocycles. The summed E-state index contributed by atoms with van der Waals surface area (Å²) >= 11 is 0. The summed E-state index contributed by atoms with van der Waals surface area (Å²) in [5.41, 5.74) is 1.94. The van der Waals surface area contributed by atoms with Gasteiger partial charge in [-0.3, -0.25) is 10.1 Å². The molecule has 0 fully saturated rings. The number of rotatable bonds is 5. The number of hydrogen-bond donors (Lipinski definition) is 0. The Hall–Kier alpha value is -2.43. The fraction of sp³-hybridized carbons (Fsp3) is 0.250. The summed E-state index contributed by atoms with van der Waals surface area (Å²) in [5, 5.41) is 10.8. The van der Waals surface area contributed by atoms with Gasteiger partial charge < -0.3 is 4.90 Å². The van der Waals surface area contributed by atoms with Crippen LogP contribution in [-0.2, 0) is 6.54 Å². The predicted octanol–water partition coefficient (Wildman–Crippen LogP) is 4.07. The van der Waals surface area contributed by atoms with E-state index in [-0.39, 0.29) is 0 Å². The largest absolute Gasteiger partial charge is 0.367 e. The van der Waals surface area contributed by atoms with Crippen molar-refractivity contribution in [1.29, 1.82) is 0 Å². The van der Waals surface area contributed by atoms with Crippen LogP contribution in [-0.4, -0.2) is 11.5 Å². The lowest BCUT2D eigenvalue weighted by atomic mass is 10.1. The fourth-order valence-corrected chi connectivity index (χ4v) is 2.25. The highest BCUT2D eigenvalue weighted by atomic mass is 19.1. The Bertz CT molecular complexity index is 658. The van der Waals surface area contributed by atoms with Crippen LogP contribution in [0.1, 0.15) is 18.1 Å². The molecule has 110 valence electrons. The van der Waals surface area contributed by atoms with Gasteiger partial charge >= 0.3 is 5.69 Å². The third kappa shape index (κ3) is 3.37. The molecule has 0 atom stereocenters. The summed E-state index contributed by atoms with van der Waals surface area (Å²) in [5.74, 6) is -0.756. The van der Waals surface area contributed by atoms with Gasteiger partial charge in [0.2, 0.25) is 5.82 Å². The van der Waals surface area contributed by atoms with Crippen LogP contribution in [0.4, 0.5) is 15.8 Å². The number of hydrogen-bond acceptors (Lipinski definition) is 3. The van der Waals surface area contributed by atoms with E-state index in [1.807, 2.05) is 43.0 Å². The van der Waals surface area contributed by atoms with Crippen molar-refractivity contribution in [1.82, 2.24) is 0 Å². The van der Waals surface area contributed by atoms with Crippen molar-refractivity contribution in [2.45, 2.75) is 20.4 Å². The molecule has 0 spiro atoms. The maximum Gasteiger partial charge on any atom is 0.305 e. The third-order valence-corrected chi connectivity index (χ3v) is 3.36. The SMILES string of the molecule is CCN(Cc1cccc([N+](=O)[O-])c1F)c1cccc(C)c1. The summed E-state index contributed by atoms with van der Waals surface area (Å²) in [4.78, 5) is 12.1. The number of halogens is 1. The standard InChI is InChI=1S/C16H17FN2O2/c1-3-18(14-8-4-6-12(2)10-14)11-13-7-5-9-15(16(13)17)19(20)21/h4-10H,3,11H2,1-2H3. The number of aryl methyl sites for hydroxylation is 1. The molecule has 2 rings (SSSR count). The third-order valence-electron chi connectivity index (χ3n) is 3.36. The predicted molar refractivity (Wildman–Crippen MR) is 81.0 cm³/mol. The van der Waals surface area contributed by atoms with Crippen LogP contribution >= 0.6 is 0 Å². The molecule has 0 bridgehead atoms. The zero-order valence-electron chi connectivity index (χ0n) is 12.0. The second kappa shape index (κ2) is 6.35. The molecule has 0 saturated heterocycles. The van der Waals surface area contributed by atoms with Crippen LogP contribution in [0.15, 0.2) is 42.5 Å². The van der Waals surface area contributed by atoms with Crippen LogP contribution in [0.25, 0.3) is 0 Å². The number of benzene rings is 2. The van der Waals surface area contributed by atoms with E-state index in [0.717, 1.165) is 11.3 Å². The molecule has 0 amide bonds. The van der Waals surface area contributed by atoms with Crippen molar-refractivity contribution in [2.75, 3.05) is 11.4 Å². The monoisotopic (exact) mass is 288 g/mol. The molecule has 5 heteroatoms. The molecule has 0 unspecified atom stereocenters. The maximum absolute atomic E-state index is 14.1.